The molecule has 0 aliphatic carbocycles. The second-order valence-electron chi connectivity index (χ2n) is 8.38. The summed E-state index contributed by atoms with van der Waals surface area (Å²) in [5, 5.41) is 13.4. The number of amides is 1. The van der Waals surface area contributed by atoms with Crippen molar-refractivity contribution in [3.63, 3.8) is 0 Å². The van der Waals surface area contributed by atoms with Gasteiger partial charge in [-0.15, -0.1) is 13.2 Å². The largest absolute Gasteiger partial charge is 0.573 e. The predicted octanol–water partition coefficient (Wildman–Crippen LogP) is 1.55. The third-order valence-corrected chi connectivity index (χ3v) is 5.79. The molecule has 3 aromatic rings. The van der Waals surface area contributed by atoms with Crippen LogP contribution in [0.1, 0.15) is 11.7 Å². The fourth-order valence-electron chi connectivity index (χ4n) is 3.94. The average molecular weight is 506 g/mol. The van der Waals surface area contributed by atoms with Crippen molar-refractivity contribution in [1.82, 2.24) is 29.2 Å². The van der Waals surface area contributed by atoms with Crippen LogP contribution in [0.3, 0.4) is 0 Å². The van der Waals surface area contributed by atoms with Crippen LogP contribution in [0.2, 0.25) is 0 Å². The van der Waals surface area contributed by atoms with Gasteiger partial charge >= 0.3 is 12.1 Å². The highest BCUT2D eigenvalue weighted by Gasteiger charge is 2.31. The number of likely N-dealkylation sites (N-methyl/N-ethyl adjacent to an activating group) is 1. The summed E-state index contributed by atoms with van der Waals surface area (Å²) in [5.74, 6) is -1.24. The second kappa shape index (κ2) is 10.4. The maximum Gasteiger partial charge on any atom is 0.573 e. The number of hydrogen-bond acceptors (Lipinski definition) is 7. The number of ether oxygens (including phenoxy) is 1. The van der Waals surface area contributed by atoms with Crippen molar-refractivity contribution in [3.8, 4) is 17.3 Å². The van der Waals surface area contributed by atoms with E-state index in [2.05, 4.69) is 19.9 Å². The summed E-state index contributed by atoms with van der Waals surface area (Å²) >= 11 is 0. The standard InChI is InChI=1S/C23H25F3N6O4/c1-29-10-12-30(13-11-29)14-19(33)28-21(16-6-8-27-9-7-16)31-15-20(34)32(22(31)35)17-2-4-18(5-3-17)36-23(24,25)26/h2-9,15,21,34H,10-14H2,1H3,(H,28,33). The summed E-state index contributed by atoms with van der Waals surface area (Å²) in [6, 6.07) is 7.74. The van der Waals surface area contributed by atoms with Crippen LogP contribution in [0.15, 0.2) is 59.8 Å². The molecular weight excluding hydrogens is 481 g/mol. The van der Waals surface area contributed by atoms with E-state index >= 15 is 0 Å². The van der Waals surface area contributed by atoms with Crippen molar-refractivity contribution in [2.45, 2.75) is 12.5 Å². The first-order chi connectivity index (χ1) is 17.1. The quantitative estimate of drug-likeness (QED) is 0.501. The van der Waals surface area contributed by atoms with E-state index in [0.717, 1.165) is 53.6 Å². The normalized spacial score (nSPS) is 16.0. The fourth-order valence-corrected chi connectivity index (χ4v) is 3.94. The van der Waals surface area contributed by atoms with Gasteiger partial charge in [0.25, 0.3) is 0 Å². The molecule has 2 N–H and O–H groups in total. The number of piperazine rings is 1. The number of hydrogen-bond donors (Lipinski definition) is 2. The molecule has 10 nitrogen and oxygen atoms in total. The topological polar surface area (TPSA) is 105 Å². The number of rotatable bonds is 7. The van der Waals surface area contributed by atoms with Gasteiger partial charge in [0.2, 0.25) is 11.8 Å². The highest BCUT2D eigenvalue weighted by Crippen LogP contribution is 2.25. The zero-order chi connectivity index (χ0) is 25.9. The Morgan fingerprint density at radius 2 is 1.75 bits per heavy atom. The lowest BCUT2D eigenvalue weighted by molar-refractivity contribution is -0.274. The van der Waals surface area contributed by atoms with E-state index in [1.54, 1.807) is 12.1 Å². The van der Waals surface area contributed by atoms with Gasteiger partial charge in [-0.2, -0.15) is 0 Å². The van der Waals surface area contributed by atoms with Gasteiger partial charge in [-0.05, 0) is 49.0 Å². The Bertz CT molecular complexity index is 1240. The van der Waals surface area contributed by atoms with Crippen molar-refractivity contribution in [2.75, 3.05) is 39.8 Å². The van der Waals surface area contributed by atoms with Crippen molar-refractivity contribution in [3.05, 3.63) is 71.0 Å². The monoisotopic (exact) mass is 506 g/mol. The lowest BCUT2D eigenvalue weighted by atomic mass is 10.2. The molecule has 36 heavy (non-hydrogen) atoms. The SMILES string of the molecule is CN1CCN(CC(=O)NC(c2ccncc2)n2cc(O)n(-c3ccc(OC(F)(F)F)cc3)c2=O)CC1. The minimum atomic E-state index is -4.86. The molecule has 1 atom stereocenters. The van der Waals surface area contributed by atoms with Gasteiger partial charge in [0, 0.05) is 38.6 Å². The van der Waals surface area contributed by atoms with Crippen LogP contribution < -0.4 is 15.7 Å². The van der Waals surface area contributed by atoms with E-state index in [0.29, 0.717) is 5.56 Å². The molecular formula is C23H25F3N6O4. The summed E-state index contributed by atoms with van der Waals surface area (Å²) in [6.07, 6.45) is -1.64. The molecule has 1 aromatic carbocycles. The minimum absolute atomic E-state index is 0.114. The summed E-state index contributed by atoms with van der Waals surface area (Å²) < 4.78 is 43.3. The summed E-state index contributed by atoms with van der Waals surface area (Å²) in [4.78, 5) is 34.3. The number of aromatic nitrogens is 3. The van der Waals surface area contributed by atoms with Crippen LogP contribution in [0.25, 0.3) is 5.69 Å². The molecule has 0 bridgehead atoms. The number of benzene rings is 1. The Labute approximate surface area is 204 Å². The lowest BCUT2D eigenvalue weighted by Crippen LogP contribution is -2.49. The van der Waals surface area contributed by atoms with E-state index < -0.39 is 29.8 Å². The predicted molar refractivity (Wildman–Crippen MR) is 123 cm³/mol. The molecule has 0 saturated carbocycles. The third-order valence-electron chi connectivity index (χ3n) is 5.79. The van der Waals surface area contributed by atoms with E-state index in [9.17, 15) is 27.9 Å². The molecule has 1 aliphatic rings. The molecule has 192 valence electrons. The van der Waals surface area contributed by atoms with Gasteiger partial charge in [-0.25, -0.2) is 9.36 Å². The number of imidazole rings is 1. The molecule has 3 heterocycles. The number of alkyl halides is 3. The van der Waals surface area contributed by atoms with Crippen molar-refractivity contribution in [2.24, 2.45) is 0 Å². The molecule has 0 radical (unpaired) electrons. The highest BCUT2D eigenvalue weighted by atomic mass is 19.4. The number of carbonyl (C=O) groups is 1. The Kier molecular flexibility index (Phi) is 7.31. The van der Waals surface area contributed by atoms with Gasteiger partial charge in [-0.3, -0.25) is 19.2 Å². The van der Waals surface area contributed by atoms with E-state index in [4.69, 9.17) is 0 Å². The first-order valence-corrected chi connectivity index (χ1v) is 11.1. The zero-order valence-electron chi connectivity index (χ0n) is 19.4. The van der Waals surface area contributed by atoms with Crippen LogP contribution in [0.4, 0.5) is 13.2 Å². The molecule has 4 rings (SSSR count). The number of pyridine rings is 1. The smallest absolute Gasteiger partial charge is 0.493 e. The first-order valence-electron chi connectivity index (χ1n) is 11.1. The number of aromatic hydroxyl groups is 1. The van der Waals surface area contributed by atoms with Crippen molar-refractivity contribution in [1.29, 1.82) is 0 Å². The molecule has 1 aliphatic heterocycles. The summed E-state index contributed by atoms with van der Waals surface area (Å²) in [7, 11) is 2.01. The Morgan fingerprint density at radius 1 is 1.11 bits per heavy atom. The molecule has 1 fully saturated rings. The number of nitrogens with one attached hydrogen (secondary N) is 1. The van der Waals surface area contributed by atoms with Crippen molar-refractivity contribution >= 4 is 5.91 Å². The maximum absolute atomic E-state index is 13.3. The molecule has 1 amide bonds. The van der Waals surface area contributed by atoms with E-state index in [1.165, 1.54) is 24.5 Å². The molecule has 2 aromatic heterocycles. The Morgan fingerprint density at radius 3 is 2.36 bits per heavy atom. The number of nitrogens with zero attached hydrogens (tertiary/aromatic N) is 5. The van der Waals surface area contributed by atoms with Gasteiger partial charge in [0.1, 0.15) is 11.9 Å². The van der Waals surface area contributed by atoms with Crippen LogP contribution in [-0.4, -0.2) is 81.1 Å². The van der Waals surface area contributed by atoms with Crippen LogP contribution in [-0.2, 0) is 4.79 Å². The summed E-state index contributed by atoms with van der Waals surface area (Å²) in [6.45, 7) is 3.27. The van der Waals surface area contributed by atoms with Gasteiger partial charge in [-0.1, -0.05) is 0 Å². The second-order valence-corrected chi connectivity index (χ2v) is 8.38. The van der Waals surface area contributed by atoms with Gasteiger partial charge < -0.3 is 20.1 Å². The summed E-state index contributed by atoms with van der Waals surface area (Å²) in [5.41, 5.74) is -0.0494. The van der Waals surface area contributed by atoms with Crippen LogP contribution >= 0.6 is 0 Å². The highest BCUT2D eigenvalue weighted by molar-refractivity contribution is 5.78. The van der Waals surface area contributed by atoms with E-state index in [1.807, 2.05) is 11.9 Å². The Balaban J connectivity index is 1.60. The van der Waals surface area contributed by atoms with Crippen LogP contribution in [0, 0.1) is 0 Å². The zero-order valence-corrected chi connectivity index (χ0v) is 19.4. The number of halogens is 3. The maximum atomic E-state index is 13.3. The average Bonchev–Trinajstić information content (AvgIpc) is 3.12. The minimum Gasteiger partial charge on any atom is -0.493 e. The molecule has 1 unspecified atom stereocenters. The molecule has 0 spiro atoms. The first kappa shape index (κ1) is 25.3. The van der Waals surface area contributed by atoms with E-state index in [-0.39, 0.29) is 18.1 Å². The molecule has 1 saturated heterocycles. The Hall–Kier alpha value is -3.84. The third kappa shape index (κ3) is 6.04. The lowest BCUT2D eigenvalue weighted by Gasteiger charge is -2.32. The number of carbonyl (C=O) groups excluding carboxylic acids is 1. The van der Waals surface area contributed by atoms with Gasteiger partial charge in [0.15, 0.2) is 0 Å². The molecule has 13 heteroatoms. The van der Waals surface area contributed by atoms with Crippen molar-refractivity contribution < 1.29 is 27.8 Å². The van der Waals surface area contributed by atoms with Crippen LogP contribution in [0.5, 0.6) is 11.6 Å². The van der Waals surface area contributed by atoms with Gasteiger partial charge in [0.05, 0.1) is 18.4 Å². The fraction of sp³-hybridized carbons (Fsp3) is 0.348.